The quantitative estimate of drug-likeness (QED) is 0.187. The van der Waals surface area contributed by atoms with Crippen LogP contribution >= 0.6 is 11.8 Å². The number of benzene rings is 1. The van der Waals surface area contributed by atoms with E-state index >= 15 is 0 Å². The van der Waals surface area contributed by atoms with Gasteiger partial charge >= 0.3 is 0 Å². The standard InChI is InChI=1S/C14H17N5O2S/c1-9-7-13(17-10-3-5-11(21-2)6-4-10)18-14(16-9)22-8-12(15)19-20/h3-7,20H,8H2,1-2H3,(H2,15,19)(H,16,17,18). The molecule has 8 heteroatoms. The van der Waals surface area contributed by atoms with Gasteiger partial charge in [-0.25, -0.2) is 9.97 Å². The largest absolute Gasteiger partial charge is 0.497 e. The van der Waals surface area contributed by atoms with Gasteiger partial charge in [0.05, 0.1) is 12.9 Å². The maximum absolute atomic E-state index is 8.55. The van der Waals surface area contributed by atoms with Gasteiger partial charge in [-0.05, 0) is 31.2 Å². The number of ether oxygens (including phenoxy) is 1. The fourth-order valence-electron chi connectivity index (χ4n) is 1.66. The number of aromatic nitrogens is 2. The third-order valence-corrected chi connectivity index (χ3v) is 3.55. The number of rotatable bonds is 6. The van der Waals surface area contributed by atoms with Gasteiger partial charge in [0.1, 0.15) is 17.4 Å². The zero-order valence-electron chi connectivity index (χ0n) is 12.3. The average molecular weight is 319 g/mol. The summed E-state index contributed by atoms with van der Waals surface area (Å²) in [7, 11) is 1.63. The van der Waals surface area contributed by atoms with E-state index in [1.165, 1.54) is 11.8 Å². The molecule has 2 aromatic rings. The Balaban J connectivity index is 2.11. The number of nitrogens with one attached hydrogen (secondary N) is 1. The van der Waals surface area contributed by atoms with E-state index in [1.807, 2.05) is 37.3 Å². The predicted octanol–water partition coefficient (Wildman–Crippen LogP) is 2.38. The van der Waals surface area contributed by atoms with Crippen LogP contribution in [-0.2, 0) is 0 Å². The molecule has 0 saturated carbocycles. The van der Waals surface area contributed by atoms with Crippen molar-refractivity contribution in [2.75, 3.05) is 18.2 Å². The van der Waals surface area contributed by atoms with Crippen molar-refractivity contribution in [3.63, 3.8) is 0 Å². The van der Waals surface area contributed by atoms with Gasteiger partial charge in [0.15, 0.2) is 5.16 Å². The van der Waals surface area contributed by atoms with Crippen molar-refractivity contribution in [2.45, 2.75) is 12.1 Å². The maximum Gasteiger partial charge on any atom is 0.190 e. The summed E-state index contributed by atoms with van der Waals surface area (Å²) in [4.78, 5) is 8.70. The smallest absolute Gasteiger partial charge is 0.190 e. The van der Waals surface area contributed by atoms with E-state index in [1.54, 1.807) is 7.11 Å². The van der Waals surface area contributed by atoms with E-state index in [9.17, 15) is 0 Å². The van der Waals surface area contributed by atoms with E-state index in [-0.39, 0.29) is 5.84 Å². The summed E-state index contributed by atoms with van der Waals surface area (Å²) >= 11 is 1.30. The van der Waals surface area contributed by atoms with Crippen molar-refractivity contribution < 1.29 is 9.94 Å². The number of oxime groups is 1. The molecule has 0 amide bonds. The van der Waals surface area contributed by atoms with Crippen LogP contribution in [0.4, 0.5) is 11.5 Å². The van der Waals surface area contributed by atoms with Crippen molar-refractivity contribution >= 4 is 29.1 Å². The summed E-state index contributed by atoms with van der Waals surface area (Å²) in [6, 6.07) is 9.38. The van der Waals surface area contributed by atoms with Crippen molar-refractivity contribution in [3.8, 4) is 5.75 Å². The minimum absolute atomic E-state index is 0.125. The molecule has 0 atom stereocenters. The molecule has 7 nitrogen and oxygen atoms in total. The lowest BCUT2D eigenvalue weighted by molar-refractivity contribution is 0.318. The summed E-state index contributed by atoms with van der Waals surface area (Å²) in [5.41, 5.74) is 7.17. The lowest BCUT2D eigenvalue weighted by Gasteiger charge is -2.09. The lowest BCUT2D eigenvalue weighted by atomic mass is 10.3. The first kappa shape index (κ1) is 15.9. The zero-order valence-corrected chi connectivity index (χ0v) is 13.1. The number of hydrogen-bond donors (Lipinski definition) is 3. The number of nitrogens with zero attached hydrogens (tertiary/aromatic N) is 3. The minimum Gasteiger partial charge on any atom is -0.497 e. The summed E-state index contributed by atoms with van der Waals surface area (Å²) in [5, 5.41) is 15.2. The Morgan fingerprint density at radius 2 is 2.09 bits per heavy atom. The fraction of sp³-hybridized carbons (Fsp3) is 0.214. The van der Waals surface area contributed by atoms with Crippen LogP contribution in [-0.4, -0.2) is 33.9 Å². The number of aryl methyl sites for hydroxylation is 1. The molecule has 116 valence electrons. The third-order valence-electron chi connectivity index (χ3n) is 2.67. The molecule has 22 heavy (non-hydrogen) atoms. The van der Waals surface area contributed by atoms with Gasteiger partial charge in [0.25, 0.3) is 0 Å². The number of thioether (sulfide) groups is 1. The van der Waals surface area contributed by atoms with Crippen LogP contribution in [0.15, 0.2) is 40.6 Å². The van der Waals surface area contributed by atoms with Gasteiger partial charge in [-0.2, -0.15) is 0 Å². The Hall–Kier alpha value is -2.48. The molecule has 1 aromatic heterocycles. The van der Waals surface area contributed by atoms with E-state index < -0.39 is 0 Å². The van der Waals surface area contributed by atoms with E-state index in [4.69, 9.17) is 15.7 Å². The molecule has 2 rings (SSSR count). The zero-order chi connectivity index (χ0) is 15.9. The molecule has 0 aliphatic heterocycles. The Morgan fingerprint density at radius 1 is 1.36 bits per heavy atom. The number of anilines is 2. The van der Waals surface area contributed by atoms with E-state index in [0.717, 1.165) is 17.1 Å². The fourth-order valence-corrected chi connectivity index (χ4v) is 2.37. The minimum atomic E-state index is 0.125. The number of nitrogens with two attached hydrogens (primary N) is 1. The summed E-state index contributed by atoms with van der Waals surface area (Å²) in [6.45, 7) is 1.88. The van der Waals surface area contributed by atoms with Crippen LogP contribution in [0.25, 0.3) is 0 Å². The van der Waals surface area contributed by atoms with Crippen molar-refractivity contribution in [1.29, 1.82) is 0 Å². The Morgan fingerprint density at radius 3 is 2.73 bits per heavy atom. The third kappa shape index (κ3) is 4.52. The highest BCUT2D eigenvalue weighted by molar-refractivity contribution is 7.99. The summed E-state index contributed by atoms with van der Waals surface area (Å²) < 4.78 is 5.12. The first-order chi connectivity index (χ1) is 10.6. The number of amidine groups is 1. The van der Waals surface area contributed by atoms with Gasteiger partial charge in [-0.1, -0.05) is 16.9 Å². The molecule has 0 unspecified atom stereocenters. The molecule has 4 N–H and O–H groups in total. The Bertz CT molecular complexity index is 661. The van der Waals surface area contributed by atoms with Crippen LogP contribution in [0, 0.1) is 6.92 Å². The van der Waals surface area contributed by atoms with Gasteiger partial charge < -0.3 is 21.0 Å². The monoisotopic (exact) mass is 319 g/mol. The predicted molar refractivity (Wildman–Crippen MR) is 87.2 cm³/mol. The number of hydrogen-bond acceptors (Lipinski definition) is 7. The van der Waals surface area contributed by atoms with Crippen LogP contribution in [0.1, 0.15) is 5.69 Å². The summed E-state index contributed by atoms with van der Waals surface area (Å²) in [5.74, 6) is 1.92. The summed E-state index contributed by atoms with van der Waals surface area (Å²) in [6.07, 6.45) is 0. The second-order valence-electron chi connectivity index (χ2n) is 4.41. The molecule has 0 fully saturated rings. The molecule has 1 heterocycles. The Kier molecular flexibility index (Phi) is 5.42. The lowest BCUT2D eigenvalue weighted by Crippen LogP contribution is -2.14. The molecule has 1 aromatic carbocycles. The normalized spacial score (nSPS) is 11.3. The second kappa shape index (κ2) is 7.51. The highest BCUT2D eigenvalue weighted by Crippen LogP contribution is 2.21. The first-order valence-corrected chi connectivity index (χ1v) is 7.45. The second-order valence-corrected chi connectivity index (χ2v) is 5.35. The van der Waals surface area contributed by atoms with Crippen LogP contribution in [0.2, 0.25) is 0 Å². The van der Waals surface area contributed by atoms with Crippen LogP contribution in [0.5, 0.6) is 5.75 Å². The van der Waals surface area contributed by atoms with Crippen LogP contribution < -0.4 is 15.8 Å². The highest BCUT2D eigenvalue weighted by Gasteiger charge is 2.05. The molecule has 0 bridgehead atoms. The van der Waals surface area contributed by atoms with Gasteiger partial charge in [-0.15, -0.1) is 0 Å². The molecule has 0 aliphatic rings. The number of methoxy groups -OCH3 is 1. The van der Waals surface area contributed by atoms with Gasteiger partial charge in [-0.3, -0.25) is 0 Å². The molecule has 0 aliphatic carbocycles. The van der Waals surface area contributed by atoms with Crippen molar-refractivity contribution in [2.24, 2.45) is 10.9 Å². The maximum atomic E-state index is 8.55. The van der Waals surface area contributed by atoms with Crippen molar-refractivity contribution in [1.82, 2.24) is 9.97 Å². The molecule has 0 spiro atoms. The molecular weight excluding hydrogens is 302 g/mol. The Labute approximate surface area is 132 Å². The van der Waals surface area contributed by atoms with Gasteiger partial charge in [0.2, 0.25) is 0 Å². The molecular formula is C14H17N5O2S. The molecule has 0 radical (unpaired) electrons. The highest BCUT2D eigenvalue weighted by atomic mass is 32.2. The molecule has 0 saturated heterocycles. The van der Waals surface area contributed by atoms with Crippen molar-refractivity contribution in [3.05, 3.63) is 36.0 Å². The SMILES string of the molecule is COc1ccc(Nc2cc(C)nc(SCC(N)=NO)n2)cc1. The topological polar surface area (TPSA) is 106 Å². The van der Waals surface area contributed by atoms with E-state index in [2.05, 4.69) is 20.4 Å². The first-order valence-electron chi connectivity index (χ1n) is 6.46. The van der Waals surface area contributed by atoms with Gasteiger partial charge in [0, 0.05) is 17.4 Å². The average Bonchev–Trinajstić information content (AvgIpc) is 2.53. The van der Waals surface area contributed by atoms with Crippen LogP contribution in [0.3, 0.4) is 0 Å². The van der Waals surface area contributed by atoms with E-state index in [0.29, 0.717) is 16.7 Å².